The smallest absolute Gasteiger partial charge is 0.143 e. The van der Waals surface area contributed by atoms with E-state index < -0.39 is 0 Å². The Bertz CT molecular complexity index is 355. The van der Waals surface area contributed by atoms with Crippen molar-refractivity contribution in [2.75, 3.05) is 11.9 Å². The summed E-state index contributed by atoms with van der Waals surface area (Å²) in [6.45, 7) is 0.976. The molecule has 2 nitrogen and oxygen atoms in total. The molecule has 1 aliphatic heterocycles. The predicted molar refractivity (Wildman–Crippen MR) is 61.4 cm³/mol. The van der Waals surface area contributed by atoms with E-state index in [9.17, 15) is 0 Å². The zero-order chi connectivity index (χ0) is 10.1. The molecule has 1 fully saturated rings. The molecule has 3 rings (SSSR count). The molecule has 1 aliphatic carbocycles. The Morgan fingerprint density at radius 1 is 1.07 bits per heavy atom. The standard InChI is InChI=1S/C13H17NO/c1-4-8-13(9-5-1)10-14-11-6-2-3-7-12(11)15-13/h2-3,6-7,14H,1,4-5,8-10H2. The molecule has 15 heavy (non-hydrogen) atoms. The normalized spacial score (nSPS) is 22.7. The largest absolute Gasteiger partial charge is 0.483 e. The van der Waals surface area contributed by atoms with E-state index in [0.717, 1.165) is 18.0 Å². The second-order valence-corrected chi connectivity index (χ2v) is 4.70. The molecule has 1 aromatic carbocycles. The van der Waals surface area contributed by atoms with Crippen LogP contribution in [0, 0.1) is 0 Å². The third kappa shape index (κ3) is 1.58. The molecule has 1 saturated carbocycles. The van der Waals surface area contributed by atoms with Crippen LogP contribution in [0.25, 0.3) is 0 Å². The summed E-state index contributed by atoms with van der Waals surface area (Å²) in [5, 5.41) is 3.50. The number of nitrogens with one attached hydrogen (secondary N) is 1. The number of hydrogen-bond donors (Lipinski definition) is 1. The number of hydrogen-bond acceptors (Lipinski definition) is 2. The summed E-state index contributed by atoms with van der Waals surface area (Å²) in [5.41, 5.74) is 1.24. The first-order valence-electron chi connectivity index (χ1n) is 5.90. The third-order valence-electron chi connectivity index (χ3n) is 3.58. The fourth-order valence-corrected chi connectivity index (χ4v) is 2.70. The maximum Gasteiger partial charge on any atom is 0.143 e. The summed E-state index contributed by atoms with van der Waals surface area (Å²) in [4.78, 5) is 0. The van der Waals surface area contributed by atoms with Gasteiger partial charge in [0.1, 0.15) is 11.4 Å². The maximum atomic E-state index is 6.20. The lowest BCUT2D eigenvalue weighted by atomic mass is 9.83. The lowest BCUT2D eigenvalue weighted by molar-refractivity contribution is 0.0369. The average molecular weight is 203 g/mol. The molecular weight excluding hydrogens is 186 g/mol. The van der Waals surface area contributed by atoms with Crippen LogP contribution in [-0.2, 0) is 0 Å². The van der Waals surface area contributed by atoms with E-state index in [1.807, 2.05) is 12.1 Å². The maximum absolute atomic E-state index is 6.20. The molecular formula is C13H17NO. The highest BCUT2D eigenvalue weighted by atomic mass is 16.5. The molecule has 1 N–H and O–H groups in total. The van der Waals surface area contributed by atoms with E-state index in [1.165, 1.54) is 32.1 Å². The Labute approximate surface area is 90.6 Å². The van der Waals surface area contributed by atoms with E-state index in [0.29, 0.717) is 0 Å². The van der Waals surface area contributed by atoms with Gasteiger partial charge in [-0.2, -0.15) is 0 Å². The topological polar surface area (TPSA) is 21.3 Å². The van der Waals surface area contributed by atoms with Crippen molar-refractivity contribution in [1.29, 1.82) is 0 Å². The Balaban J connectivity index is 1.87. The van der Waals surface area contributed by atoms with Gasteiger partial charge >= 0.3 is 0 Å². The zero-order valence-electron chi connectivity index (χ0n) is 8.96. The van der Waals surface area contributed by atoms with Crippen molar-refractivity contribution in [2.45, 2.75) is 37.7 Å². The fraction of sp³-hybridized carbons (Fsp3) is 0.538. The molecule has 1 spiro atoms. The van der Waals surface area contributed by atoms with Crippen LogP contribution in [0.2, 0.25) is 0 Å². The van der Waals surface area contributed by atoms with Gasteiger partial charge in [-0.05, 0) is 37.8 Å². The zero-order valence-corrected chi connectivity index (χ0v) is 8.96. The molecule has 0 aromatic heterocycles. The first-order valence-corrected chi connectivity index (χ1v) is 5.90. The van der Waals surface area contributed by atoms with Crippen molar-refractivity contribution in [3.05, 3.63) is 24.3 Å². The summed E-state index contributed by atoms with van der Waals surface area (Å²) in [6, 6.07) is 8.25. The highest BCUT2D eigenvalue weighted by Gasteiger charge is 2.37. The summed E-state index contributed by atoms with van der Waals surface area (Å²) < 4.78 is 6.20. The molecule has 1 aromatic rings. The van der Waals surface area contributed by atoms with Crippen LogP contribution in [-0.4, -0.2) is 12.1 Å². The van der Waals surface area contributed by atoms with Crippen molar-refractivity contribution in [3.63, 3.8) is 0 Å². The van der Waals surface area contributed by atoms with E-state index >= 15 is 0 Å². The van der Waals surface area contributed by atoms with Gasteiger partial charge in [0.05, 0.1) is 12.2 Å². The number of ether oxygens (including phenoxy) is 1. The second kappa shape index (κ2) is 3.44. The number of anilines is 1. The molecule has 0 radical (unpaired) electrons. The molecule has 2 heteroatoms. The van der Waals surface area contributed by atoms with Crippen molar-refractivity contribution in [1.82, 2.24) is 0 Å². The van der Waals surface area contributed by atoms with Crippen LogP contribution in [0.1, 0.15) is 32.1 Å². The average Bonchev–Trinajstić information content (AvgIpc) is 2.30. The van der Waals surface area contributed by atoms with E-state index in [1.54, 1.807) is 0 Å². The SMILES string of the molecule is c1ccc2c(c1)NCC1(CCCCC1)O2. The van der Waals surface area contributed by atoms with E-state index in [-0.39, 0.29) is 5.60 Å². The first-order chi connectivity index (χ1) is 7.38. The molecule has 0 amide bonds. The van der Waals surface area contributed by atoms with Crippen molar-refractivity contribution >= 4 is 5.69 Å². The van der Waals surface area contributed by atoms with Gasteiger partial charge in [-0.1, -0.05) is 18.6 Å². The van der Waals surface area contributed by atoms with Crippen LogP contribution < -0.4 is 10.1 Å². The number of rotatable bonds is 0. The summed E-state index contributed by atoms with van der Waals surface area (Å²) in [6.07, 6.45) is 6.39. The van der Waals surface area contributed by atoms with Crippen molar-refractivity contribution < 1.29 is 4.74 Å². The third-order valence-corrected chi connectivity index (χ3v) is 3.58. The van der Waals surface area contributed by atoms with E-state index in [4.69, 9.17) is 4.74 Å². The van der Waals surface area contributed by atoms with Gasteiger partial charge in [-0.3, -0.25) is 0 Å². The molecule has 1 heterocycles. The van der Waals surface area contributed by atoms with Gasteiger partial charge < -0.3 is 10.1 Å². The van der Waals surface area contributed by atoms with E-state index in [2.05, 4.69) is 17.4 Å². The predicted octanol–water partition coefficient (Wildman–Crippen LogP) is 3.19. The lowest BCUT2D eigenvalue weighted by Gasteiger charge is -2.41. The Morgan fingerprint density at radius 3 is 2.73 bits per heavy atom. The minimum Gasteiger partial charge on any atom is -0.483 e. The molecule has 0 unspecified atom stereocenters. The van der Waals surface area contributed by atoms with Crippen LogP contribution in [0.5, 0.6) is 5.75 Å². The Hall–Kier alpha value is -1.18. The molecule has 0 atom stereocenters. The summed E-state index contributed by atoms with van der Waals surface area (Å²) in [7, 11) is 0. The number of benzene rings is 1. The molecule has 80 valence electrons. The highest BCUT2D eigenvalue weighted by molar-refractivity contribution is 5.58. The van der Waals surface area contributed by atoms with Crippen molar-refractivity contribution in [2.24, 2.45) is 0 Å². The van der Waals surface area contributed by atoms with Crippen LogP contribution in [0.15, 0.2) is 24.3 Å². The first kappa shape index (κ1) is 9.08. The van der Waals surface area contributed by atoms with Crippen LogP contribution in [0.3, 0.4) is 0 Å². The molecule has 0 bridgehead atoms. The van der Waals surface area contributed by atoms with Gasteiger partial charge in [0, 0.05) is 0 Å². The van der Waals surface area contributed by atoms with Crippen molar-refractivity contribution in [3.8, 4) is 5.75 Å². The number of para-hydroxylation sites is 2. The Morgan fingerprint density at radius 2 is 1.87 bits per heavy atom. The minimum atomic E-state index is 0.0899. The van der Waals surface area contributed by atoms with Crippen LogP contribution in [0.4, 0.5) is 5.69 Å². The number of fused-ring (bicyclic) bond motifs is 1. The fourth-order valence-electron chi connectivity index (χ4n) is 2.70. The van der Waals surface area contributed by atoms with Crippen LogP contribution >= 0.6 is 0 Å². The minimum absolute atomic E-state index is 0.0899. The van der Waals surface area contributed by atoms with Gasteiger partial charge in [0.15, 0.2) is 0 Å². The highest BCUT2D eigenvalue weighted by Crippen LogP contribution is 2.39. The van der Waals surface area contributed by atoms with Gasteiger partial charge in [-0.25, -0.2) is 0 Å². The molecule has 0 saturated heterocycles. The summed E-state index contributed by atoms with van der Waals surface area (Å²) >= 11 is 0. The van der Waals surface area contributed by atoms with Gasteiger partial charge in [0.2, 0.25) is 0 Å². The Kier molecular flexibility index (Phi) is 2.08. The summed E-state index contributed by atoms with van der Waals surface area (Å²) in [5.74, 6) is 1.03. The lowest BCUT2D eigenvalue weighted by Crippen LogP contribution is -2.47. The monoisotopic (exact) mass is 203 g/mol. The van der Waals surface area contributed by atoms with Gasteiger partial charge in [-0.15, -0.1) is 0 Å². The molecule has 2 aliphatic rings. The van der Waals surface area contributed by atoms with Gasteiger partial charge in [0.25, 0.3) is 0 Å². The second-order valence-electron chi connectivity index (χ2n) is 4.70. The quantitative estimate of drug-likeness (QED) is 0.699.